The summed E-state index contributed by atoms with van der Waals surface area (Å²) in [6.45, 7) is 1.95. The van der Waals surface area contributed by atoms with Crippen molar-refractivity contribution in [3.63, 3.8) is 0 Å². The van der Waals surface area contributed by atoms with Gasteiger partial charge in [-0.05, 0) is 48.9 Å². The van der Waals surface area contributed by atoms with Crippen molar-refractivity contribution >= 4 is 46.4 Å². The molecule has 31 heavy (non-hydrogen) atoms. The fourth-order valence-corrected chi connectivity index (χ4v) is 3.86. The molecule has 0 bridgehead atoms. The molecule has 2 aromatic heterocycles. The summed E-state index contributed by atoms with van der Waals surface area (Å²) >= 11 is 18.6. The third kappa shape index (κ3) is 4.74. The summed E-state index contributed by atoms with van der Waals surface area (Å²) in [5, 5.41) is 1.36. The van der Waals surface area contributed by atoms with E-state index in [9.17, 15) is 4.79 Å². The van der Waals surface area contributed by atoms with Crippen LogP contribution in [0.4, 0.5) is 5.69 Å². The predicted molar refractivity (Wildman–Crippen MR) is 123 cm³/mol. The van der Waals surface area contributed by atoms with E-state index in [4.69, 9.17) is 39.2 Å². The van der Waals surface area contributed by atoms with E-state index in [2.05, 4.69) is 9.97 Å². The monoisotopic (exact) mass is 471 g/mol. The van der Waals surface area contributed by atoms with Gasteiger partial charge in [-0.3, -0.25) is 9.78 Å². The van der Waals surface area contributed by atoms with Crippen LogP contribution in [0.15, 0.2) is 71.5 Å². The minimum Gasteiger partial charge on any atom is -0.439 e. The maximum Gasteiger partial charge on any atom is 0.259 e. The molecule has 0 aliphatic carbocycles. The molecule has 2 aromatic carbocycles. The molecule has 0 fully saturated rings. The number of anilines is 1. The molecular formula is C23H16Cl3N3O2. The fraction of sp³-hybridized carbons (Fsp3) is 0.0870. The predicted octanol–water partition coefficient (Wildman–Crippen LogP) is 6.85. The van der Waals surface area contributed by atoms with Crippen LogP contribution in [0, 0.1) is 6.92 Å². The number of nitrogens with zero attached hydrogens (tertiary/aromatic N) is 3. The molecule has 0 saturated carbocycles. The van der Waals surface area contributed by atoms with Gasteiger partial charge in [0.25, 0.3) is 5.91 Å². The lowest BCUT2D eigenvalue weighted by atomic mass is 10.1. The van der Waals surface area contributed by atoms with Gasteiger partial charge in [-0.25, -0.2) is 4.98 Å². The third-order valence-corrected chi connectivity index (χ3v) is 5.39. The average molecular weight is 473 g/mol. The first-order valence-electron chi connectivity index (χ1n) is 9.30. The van der Waals surface area contributed by atoms with Crippen molar-refractivity contribution in [1.29, 1.82) is 0 Å². The Hall–Kier alpha value is -2.86. The number of oxazole rings is 1. The summed E-state index contributed by atoms with van der Waals surface area (Å²) in [6.07, 6.45) is 4.79. The molecule has 0 aliphatic heterocycles. The first-order chi connectivity index (χ1) is 14.9. The Morgan fingerprint density at radius 1 is 1.03 bits per heavy atom. The van der Waals surface area contributed by atoms with Gasteiger partial charge in [0.05, 0.1) is 23.3 Å². The Morgan fingerprint density at radius 3 is 2.48 bits per heavy atom. The van der Waals surface area contributed by atoms with Crippen LogP contribution in [0.2, 0.25) is 15.1 Å². The van der Waals surface area contributed by atoms with Gasteiger partial charge in [0.1, 0.15) is 5.76 Å². The van der Waals surface area contributed by atoms with E-state index < -0.39 is 0 Å². The molecule has 156 valence electrons. The molecule has 8 heteroatoms. The number of carbonyl (C=O) groups excluding carboxylic acids is 1. The van der Waals surface area contributed by atoms with Crippen molar-refractivity contribution in [2.24, 2.45) is 0 Å². The second-order valence-corrected chi connectivity index (χ2v) is 8.10. The van der Waals surface area contributed by atoms with E-state index in [1.165, 1.54) is 4.90 Å². The van der Waals surface area contributed by atoms with E-state index in [1.807, 2.05) is 25.1 Å². The smallest absolute Gasteiger partial charge is 0.259 e. The summed E-state index contributed by atoms with van der Waals surface area (Å²) in [5.41, 5.74) is 2.47. The van der Waals surface area contributed by atoms with Crippen LogP contribution in [0.5, 0.6) is 0 Å². The van der Waals surface area contributed by atoms with Crippen molar-refractivity contribution < 1.29 is 9.21 Å². The van der Waals surface area contributed by atoms with Crippen molar-refractivity contribution in [2.75, 3.05) is 4.90 Å². The van der Waals surface area contributed by atoms with Crippen molar-refractivity contribution in [3.8, 4) is 11.5 Å². The van der Waals surface area contributed by atoms with E-state index in [-0.39, 0.29) is 12.5 Å². The Kier molecular flexibility index (Phi) is 6.28. The van der Waals surface area contributed by atoms with Crippen LogP contribution >= 0.6 is 34.8 Å². The summed E-state index contributed by atoms with van der Waals surface area (Å²) in [6, 6.07) is 13.9. The van der Waals surface area contributed by atoms with Gasteiger partial charge in [-0.15, -0.1) is 0 Å². The standard InChI is InChI=1S/C23H16Cl3N3O2/c1-14-11-27-7-6-19(14)23(30)29(17-9-15(24)8-16(25)10-17)13-18-12-28-22(31-18)20-4-2-3-5-21(20)26/h2-12H,13H2,1H3. The van der Waals surface area contributed by atoms with Crippen molar-refractivity contribution in [1.82, 2.24) is 9.97 Å². The number of aromatic nitrogens is 2. The van der Waals surface area contributed by atoms with Gasteiger partial charge in [0, 0.05) is 33.7 Å². The molecule has 1 amide bonds. The SMILES string of the molecule is Cc1cnccc1C(=O)N(Cc1cnc(-c2ccccc2Cl)o1)c1cc(Cl)cc(Cl)c1. The molecule has 4 aromatic rings. The lowest BCUT2D eigenvalue weighted by Gasteiger charge is -2.23. The van der Waals surface area contributed by atoms with E-state index in [0.717, 1.165) is 5.56 Å². The lowest BCUT2D eigenvalue weighted by molar-refractivity contribution is 0.0982. The Bertz CT molecular complexity index is 1240. The zero-order valence-electron chi connectivity index (χ0n) is 16.3. The summed E-state index contributed by atoms with van der Waals surface area (Å²) in [7, 11) is 0. The topological polar surface area (TPSA) is 59.2 Å². The van der Waals surface area contributed by atoms with Gasteiger partial charge in [0.2, 0.25) is 5.89 Å². The lowest BCUT2D eigenvalue weighted by Crippen LogP contribution is -2.31. The molecule has 0 N–H and O–H groups in total. The Labute approximate surface area is 194 Å². The van der Waals surface area contributed by atoms with Gasteiger partial charge >= 0.3 is 0 Å². The van der Waals surface area contributed by atoms with Crippen LogP contribution in [0.25, 0.3) is 11.5 Å². The number of rotatable bonds is 5. The minimum atomic E-state index is -0.242. The molecule has 0 unspecified atom stereocenters. The highest BCUT2D eigenvalue weighted by atomic mass is 35.5. The average Bonchev–Trinajstić information content (AvgIpc) is 3.20. The summed E-state index contributed by atoms with van der Waals surface area (Å²) in [5.74, 6) is 0.609. The molecule has 0 atom stereocenters. The highest BCUT2D eigenvalue weighted by Gasteiger charge is 2.23. The molecule has 0 radical (unpaired) electrons. The molecular weight excluding hydrogens is 457 g/mol. The third-order valence-electron chi connectivity index (χ3n) is 4.63. The molecule has 0 spiro atoms. The van der Waals surface area contributed by atoms with Crippen molar-refractivity contribution in [3.05, 3.63) is 99.1 Å². The minimum absolute atomic E-state index is 0.120. The highest BCUT2D eigenvalue weighted by molar-refractivity contribution is 6.35. The van der Waals surface area contributed by atoms with Crippen LogP contribution in [-0.2, 0) is 6.54 Å². The maximum absolute atomic E-state index is 13.5. The van der Waals surface area contributed by atoms with E-state index in [0.29, 0.717) is 43.5 Å². The van der Waals surface area contributed by atoms with Gasteiger partial charge in [-0.1, -0.05) is 46.9 Å². The Morgan fingerprint density at radius 2 is 1.77 bits per heavy atom. The number of benzene rings is 2. The zero-order chi connectivity index (χ0) is 22.0. The maximum atomic E-state index is 13.5. The molecule has 5 nitrogen and oxygen atoms in total. The Balaban J connectivity index is 1.73. The van der Waals surface area contributed by atoms with Gasteiger partial charge in [-0.2, -0.15) is 0 Å². The zero-order valence-corrected chi connectivity index (χ0v) is 18.6. The van der Waals surface area contributed by atoms with E-state index in [1.54, 1.807) is 48.9 Å². The number of aryl methyl sites for hydroxylation is 1. The molecule has 0 saturated heterocycles. The molecule has 4 rings (SSSR count). The molecule has 2 heterocycles. The second kappa shape index (κ2) is 9.10. The van der Waals surface area contributed by atoms with E-state index >= 15 is 0 Å². The number of hydrogen-bond acceptors (Lipinski definition) is 4. The largest absolute Gasteiger partial charge is 0.439 e. The number of amides is 1. The normalized spacial score (nSPS) is 10.8. The quantitative estimate of drug-likeness (QED) is 0.318. The van der Waals surface area contributed by atoms with Crippen LogP contribution < -0.4 is 4.90 Å². The van der Waals surface area contributed by atoms with Crippen molar-refractivity contribution in [2.45, 2.75) is 13.5 Å². The van der Waals surface area contributed by atoms with Crippen LogP contribution in [-0.4, -0.2) is 15.9 Å². The fourth-order valence-electron chi connectivity index (χ4n) is 3.13. The summed E-state index contributed by atoms with van der Waals surface area (Å²) < 4.78 is 5.91. The molecule has 0 aliphatic rings. The highest BCUT2D eigenvalue weighted by Crippen LogP contribution is 2.31. The van der Waals surface area contributed by atoms with Gasteiger partial charge < -0.3 is 9.32 Å². The van der Waals surface area contributed by atoms with Crippen LogP contribution in [0.1, 0.15) is 21.7 Å². The first-order valence-corrected chi connectivity index (χ1v) is 10.4. The first kappa shape index (κ1) is 21.4. The second-order valence-electron chi connectivity index (χ2n) is 6.82. The summed E-state index contributed by atoms with van der Waals surface area (Å²) in [4.78, 5) is 23.4. The number of pyridine rings is 1. The van der Waals surface area contributed by atoms with Crippen LogP contribution in [0.3, 0.4) is 0 Å². The number of halogens is 3. The van der Waals surface area contributed by atoms with Gasteiger partial charge in [0.15, 0.2) is 0 Å². The number of carbonyl (C=O) groups is 1. The number of hydrogen-bond donors (Lipinski definition) is 0.